The molecule has 1 aliphatic rings. The molecule has 1 aliphatic heterocycles. The first kappa shape index (κ1) is 14.3. The number of nitrogens with two attached hydrogens (primary N) is 1. The number of anilines is 2. The molecule has 2 heterocycles. The highest BCUT2D eigenvalue weighted by atomic mass is 16.5. The van der Waals surface area contributed by atoms with Crippen LogP contribution in [0.15, 0.2) is 0 Å². The minimum atomic E-state index is 0.0729. The lowest BCUT2D eigenvalue weighted by molar-refractivity contribution is -0.119. The summed E-state index contributed by atoms with van der Waals surface area (Å²) in [5.41, 5.74) is 2.37. The largest absolute Gasteiger partial charge is 0.463 e. The van der Waals surface area contributed by atoms with Gasteiger partial charge in [0, 0.05) is 19.0 Å². The minimum absolute atomic E-state index is 0.0729. The van der Waals surface area contributed by atoms with E-state index in [1.54, 1.807) is 0 Å². The van der Waals surface area contributed by atoms with Crippen molar-refractivity contribution in [2.45, 2.75) is 32.2 Å². The molecule has 0 spiro atoms. The highest BCUT2D eigenvalue weighted by Gasteiger charge is 2.20. The summed E-state index contributed by atoms with van der Waals surface area (Å²) >= 11 is 0. The van der Waals surface area contributed by atoms with Crippen molar-refractivity contribution in [3.8, 4) is 6.01 Å². The van der Waals surface area contributed by atoms with E-state index in [-0.39, 0.29) is 23.9 Å². The van der Waals surface area contributed by atoms with Gasteiger partial charge in [0.1, 0.15) is 0 Å². The minimum Gasteiger partial charge on any atom is -0.463 e. The normalized spacial score (nSPS) is 17.7. The Hall–Kier alpha value is -2.16. The molecule has 110 valence electrons. The van der Waals surface area contributed by atoms with Gasteiger partial charge < -0.3 is 15.4 Å². The summed E-state index contributed by atoms with van der Waals surface area (Å²) in [5.74, 6) is 5.97. The molecule has 2 rings (SSSR count). The van der Waals surface area contributed by atoms with Crippen molar-refractivity contribution in [1.29, 1.82) is 0 Å². The fourth-order valence-electron chi connectivity index (χ4n) is 1.80. The Kier molecular flexibility index (Phi) is 4.88. The molecule has 1 aromatic heterocycles. The molecule has 1 atom stereocenters. The van der Waals surface area contributed by atoms with Gasteiger partial charge in [0.2, 0.25) is 17.8 Å². The van der Waals surface area contributed by atoms with Crippen LogP contribution in [0.25, 0.3) is 0 Å². The van der Waals surface area contributed by atoms with Gasteiger partial charge in [-0.05, 0) is 12.8 Å². The van der Waals surface area contributed by atoms with Crippen molar-refractivity contribution < 1.29 is 9.53 Å². The monoisotopic (exact) mass is 281 g/mol. The van der Waals surface area contributed by atoms with Gasteiger partial charge in [-0.1, -0.05) is 6.92 Å². The molecule has 0 bridgehead atoms. The van der Waals surface area contributed by atoms with Crippen molar-refractivity contribution in [2.75, 3.05) is 23.9 Å². The lowest BCUT2D eigenvalue weighted by Crippen LogP contribution is -2.32. The number of aromatic nitrogens is 3. The third-order valence-corrected chi connectivity index (χ3v) is 2.77. The van der Waals surface area contributed by atoms with E-state index in [1.165, 1.54) is 0 Å². The van der Waals surface area contributed by atoms with Crippen LogP contribution in [0, 0.1) is 0 Å². The second kappa shape index (κ2) is 6.85. The van der Waals surface area contributed by atoms with Crippen molar-refractivity contribution in [3.63, 3.8) is 0 Å². The first-order valence-electron chi connectivity index (χ1n) is 6.60. The standard InChI is InChI=1S/C11H19N7O2/c1-2-5-20-11-16-9(15-10(17-11)18-12)13-6-7-3-4-8(19)14-7/h7H,2-6,12H2,1H3,(H,14,19)(H2,13,15,16,17,18). The van der Waals surface area contributed by atoms with Crippen LogP contribution in [0.5, 0.6) is 6.01 Å². The third-order valence-electron chi connectivity index (χ3n) is 2.77. The summed E-state index contributed by atoms with van der Waals surface area (Å²) in [6, 6.07) is 0.307. The van der Waals surface area contributed by atoms with E-state index >= 15 is 0 Å². The second-order valence-corrected chi connectivity index (χ2v) is 4.44. The molecular formula is C11H19N7O2. The van der Waals surface area contributed by atoms with Gasteiger partial charge >= 0.3 is 6.01 Å². The average Bonchev–Trinajstić information content (AvgIpc) is 2.88. The van der Waals surface area contributed by atoms with E-state index in [2.05, 4.69) is 31.0 Å². The molecule has 0 saturated carbocycles. The average molecular weight is 281 g/mol. The molecule has 1 saturated heterocycles. The van der Waals surface area contributed by atoms with Gasteiger partial charge in [-0.3, -0.25) is 10.2 Å². The first-order chi connectivity index (χ1) is 9.71. The van der Waals surface area contributed by atoms with E-state index in [4.69, 9.17) is 10.6 Å². The van der Waals surface area contributed by atoms with E-state index < -0.39 is 0 Å². The molecule has 1 fully saturated rings. The Morgan fingerprint density at radius 3 is 2.85 bits per heavy atom. The number of ether oxygens (including phenoxy) is 1. The number of amides is 1. The van der Waals surface area contributed by atoms with Crippen molar-refractivity contribution >= 4 is 17.8 Å². The van der Waals surface area contributed by atoms with Crippen LogP contribution in [0.1, 0.15) is 26.2 Å². The van der Waals surface area contributed by atoms with Gasteiger partial charge in [0.25, 0.3) is 0 Å². The van der Waals surface area contributed by atoms with Crippen LogP contribution in [-0.4, -0.2) is 40.1 Å². The van der Waals surface area contributed by atoms with Gasteiger partial charge in [-0.25, -0.2) is 5.84 Å². The Balaban J connectivity index is 1.96. The fourth-order valence-corrected chi connectivity index (χ4v) is 1.80. The number of carbonyl (C=O) groups is 1. The Morgan fingerprint density at radius 1 is 1.40 bits per heavy atom. The lowest BCUT2D eigenvalue weighted by Gasteiger charge is -2.12. The van der Waals surface area contributed by atoms with Gasteiger partial charge in [0.05, 0.1) is 6.61 Å². The van der Waals surface area contributed by atoms with Crippen LogP contribution in [0.2, 0.25) is 0 Å². The lowest BCUT2D eigenvalue weighted by atomic mass is 10.2. The van der Waals surface area contributed by atoms with Gasteiger partial charge in [-0.15, -0.1) is 0 Å². The molecule has 1 aromatic rings. The van der Waals surface area contributed by atoms with Crippen molar-refractivity contribution in [2.24, 2.45) is 5.84 Å². The van der Waals surface area contributed by atoms with Crippen molar-refractivity contribution in [1.82, 2.24) is 20.3 Å². The second-order valence-electron chi connectivity index (χ2n) is 4.44. The molecule has 0 radical (unpaired) electrons. The maximum atomic E-state index is 11.1. The maximum Gasteiger partial charge on any atom is 0.323 e. The summed E-state index contributed by atoms with van der Waals surface area (Å²) in [6.07, 6.45) is 2.22. The summed E-state index contributed by atoms with van der Waals surface area (Å²) < 4.78 is 5.36. The van der Waals surface area contributed by atoms with Gasteiger partial charge in [0.15, 0.2) is 0 Å². The fraction of sp³-hybridized carbons (Fsp3) is 0.636. The Bertz CT molecular complexity index is 468. The molecule has 0 aliphatic carbocycles. The van der Waals surface area contributed by atoms with E-state index in [0.29, 0.717) is 25.5 Å². The van der Waals surface area contributed by atoms with Crippen LogP contribution in [-0.2, 0) is 4.79 Å². The first-order valence-corrected chi connectivity index (χ1v) is 6.60. The summed E-state index contributed by atoms with van der Waals surface area (Å²) in [5, 5.41) is 5.90. The van der Waals surface area contributed by atoms with E-state index in [0.717, 1.165) is 12.8 Å². The molecule has 9 nitrogen and oxygen atoms in total. The third kappa shape index (κ3) is 3.92. The predicted molar refractivity (Wildman–Crippen MR) is 73.1 cm³/mol. The molecule has 1 unspecified atom stereocenters. The number of nitrogen functional groups attached to an aromatic ring is 1. The summed E-state index contributed by atoms with van der Waals surface area (Å²) in [7, 11) is 0. The van der Waals surface area contributed by atoms with Gasteiger partial charge in [-0.2, -0.15) is 15.0 Å². The Labute approximate surface area is 116 Å². The smallest absolute Gasteiger partial charge is 0.323 e. The number of hydrogen-bond donors (Lipinski definition) is 4. The highest BCUT2D eigenvalue weighted by molar-refractivity contribution is 5.78. The van der Waals surface area contributed by atoms with E-state index in [1.807, 2.05) is 6.92 Å². The van der Waals surface area contributed by atoms with Crippen LogP contribution in [0.3, 0.4) is 0 Å². The zero-order valence-corrected chi connectivity index (χ0v) is 11.3. The van der Waals surface area contributed by atoms with Crippen LogP contribution >= 0.6 is 0 Å². The number of hydrazine groups is 1. The summed E-state index contributed by atoms with van der Waals surface area (Å²) in [6.45, 7) is 3.06. The number of carbonyl (C=O) groups excluding carboxylic acids is 1. The zero-order valence-electron chi connectivity index (χ0n) is 11.3. The quantitative estimate of drug-likeness (QED) is 0.394. The number of nitrogens with zero attached hydrogens (tertiary/aromatic N) is 3. The molecule has 9 heteroatoms. The highest BCUT2D eigenvalue weighted by Crippen LogP contribution is 2.12. The molecule has 20 heavy (non-hydrogen) atoms. The van der Waals surface area contributed by atoms with Crippen LogP contribution < -0.4 is 26.6 Å². The molecule has 5 N–H and O–H groups in total. The molecular weight excluding hydrogens is 262 g/mol. The number of hydrogen-bond acceptors (Lipinski definition) is 8. The SMILES string of the molecule is CCCOc1nc(NN)nc(NCC2CCC(=O)N2)n1. The topological polar surface area (TPSA) is 127 Å². The summed E-state index contributed by atoms with van der Waals surface area (Å²) in [4.78, 5) is 23.3. The molecule has 1 amide bonds. The number of rotatable bonds is 7. The Morgan fingerprint density at radius 2 is 2.20 bits per heavy atom. The maximum absolute atomic E-state index is 11.1. The number of nitrogens with one attached hydrogen (secondary N) is 3. The molecule has 0 aromatic carbocycles. The van der Waals surface area contributed by atoms with E-state index in [9.17, 15) is 4.79 Å². The predicted octanol–water partition coefficient (Wildman–Crippen LogP) is -0.363. The zero-order chi connectivity index (χ0) is 14.4. The van der Waals surface area contributed by atoms with Crippen LogP contribution in [0.4, 0.5) is 11.9 Å². The van der Waals surface area contributed by atoms with Crippen molar-refractivity contribution in [3.05, 3.63) is 0 Å².